The van der Waals surface area contributed by atoms with Crippen LogP contribution in [0, 0.1) is 17.0 Å². The minimum Gasteiger partial charge on any atom is -0.340 e. The van der Waals surface area contributed by atoms with Crippen LogP contribution in [0.15, 0.2) is 48.8 Å². The lowest BCUT2D eigenvalue weighted by atomic mass is 10.2. The van der Waals surface area contributed by atoms with E-state index >= 15 is 0 Å². The van der Waals surface area contributed by atoms with E-state index in [-0.39, 0.29) is 5.69 Å². The van der Waals surface area contributed by atoms with Gasteiger partial charge in [0.25, 0.3) is 5.69 Å². The van der Waals surface area contributed by atoms with Gasteiger partial charge < -0.3 is 5.32 Å². The molecule has 6 heteroatoms. The van der Waals surface area contributed by atoms with Crippen LogP contribution in [-0.4, -0.2) is 14.9 Å². The molecule has 6 nitrogen and oxygen atoms in total. The number of anilines is 2. The summed E-state index contributed by atoms with van der Waals surface area (Å²) in [6.45, 7) is 2.01. The van der Waals surface area contributed by atoms with Gasteiger partial charge in [-0.1, -0.05) is 17.7 Å². The van der Waals surface area contributed by atoms with Crippen LogP contribution in [0.3, 0.4) is 0 Å². The van der Waals surface area contributed by atoms with Gasteiger partial charge in [0, 0.05) is 23.2 Å². The molecule has 0 saturated heterocycles. The van der Waals surface area contributed by atoms with Crippen molar-refractivity contribution in [3.63, 3.8) is 0 Å². The van der Waals surface area contributed by atoms with Crippen molar-refractivity contribution in [2.24, 2.45) is 0 Å². The molecule has 1 heterocycles. The molecule has 1 aromatic heterocycles. The van der Waals surface area contributed by atoms with Gasteiger partial charge in [-0.3, -0.25) is 10.1 Å². The third-order valence-corrected chi connectivity index (χ3v) is 3.14. The van der Waals surface area contributed by atoms with Crippen molar-refractivity contribution in [1.29, 1.82) is 0 Å². The van der Waals surface area contributed by atoms with Crippen molar-refractivity contribution in [1.82, 2.24) is 9.97 Å². The van der Waals surface area contributed by atoms with Crippen LogP contribution < -0.4 is 5.32 Å². The molecule has 1 N–H and O–H groups in total. The molecule has 0 aliphatic heterocycles. The van der Waals surface area contributed by atoms with E-state index in [1.54, 1.807) is 6.07 Å². The molecular weight excluding hydrogens is 268 g/mol. The molecule has 0 spiro atoms. The van der Waals surface area contributed by atoms with Crippen LogP contribution in [0.5, 0.6) is 0 Å². The predicted molar refractivity (Wildman–Crippen MR) is 80.7 cm³/mol. The molecule has 0 unspecified atom stereocenters. The fraction of sp³-hybridized carbons (Fsp3) is 0.0667. The second-order valence-corrected chi connectivity index (χ2v) is 4.67. The first-order chi connectivity index (χ1) is 10.1. The predicted octanol–water partition coefficient (Wildman–Crippen LogP) is 3.59. The van der Waals surface area contributed by atoms with Crippen molar-refractivity contribution >= 4 is 28.1 Å². The highest BCUT2D eigenvalue weighted by molar-refractivity contribution is 5.92. The SMILES string of the molecule is Cc1ccc(Nc2ncnc3ccc([N+](=O)[O-])cc23)cc1. The number of non-ortho nitro benzene ring substituents is 1. The van der Waals surface area contributed by atoms with Gasteiger partial charge in [-0.05, 0) is 25.1 Å². The number of fused-ring (bicyclic) bond motifs is 1. The topological polar surface area (TPSA) is 81.0 Å². The van der Waals surface area contributed by atoms with E-state index < -0.39 is 4.92 Å². The largest absolute Gasteiger partial charge is 0.340 e. The molecule has 0 aliphatic rings. The first kappa shape index (κ1) is 13.0. The number of nitrogens with zero attached hydrogens (tertiary/aromatic N) is 3. The summed E-state index contributed by atoms with van der Waals surface area (Å²) in [4.78, 5) is 18.8. The molecule has 21 heavy (non-hydrogen) atoms. The molecule has 0 saturated carbocycles. The van der Waals surface area contributed by atoms with Crippen LogP contribution in [0.1, 0.15) is 5.56 Å². The fourth-order valence-electron chi connectivity index (χ4n) is 2.03. The average Bonchev–Trinajstić information content (AvgIpc) is 2.49. The van der Waals surface area contributed by atoms with E-state index in [1.807, 2.05) is 31.2 Å². The van der Waals surface area contributed by atoms with Crippen LogP contribution in [0.2, 0.25) is 0 Å². The molecule has 0 radical (unpaired) electrons. The van der Waals surface area contributed by atoms with Gasteiger partial charge in [-0.25, -0.2) is 9.97 Å². The normalized spacial score (nSPS) is 10.5. The molecule has 3 aromatic rings. The Labute approximate surface area is 120 Å². The Kier molecular flexibility index (Phi) is 3.19. The maximum Gasteiger partial charge on any atom is 0.270 e. The molecule has 0 atom stereocenters. The van der Waals surface area contributed by atoms with Crippen LogP contribution in [-0.2, 0) is 0 Å². The standard InChI is InChI=1S/C15H12N4O2/c1-10-2-4-11(5-3-10)18-15-13-8-12(19(20)21)6-7-14(13)16-9-17-15/h2-9H,1H3,(H,16,17,18). The van der Waals surface area contributed by atoms with Crippen molar-refractivity contribution < 1.29 is 4.92 Å². The van der Waals surface area contributed by atoms with Crippen LogP contribution in [0.4, 0.5) is 17.2 Å². The lowest BCUT2D eigenvalue weighted by Gasteiger charge is -2.08. The Morgan fingerprint density at radius 1 is 1.10 bits per heavy atom. The van der Waals surface area contributed by atoms with Crippen molar-refractivity contribution in [2.75, 3.05) is 5.32 Å². The number of rotatable bonds is 3. The zero-order chi connectivity index (χ0) is 14.8. The summed E-state index contributed by atoms with van der Waals surface area (Å²) in [6.07, 6.45) is 1.44. The zero-order valence-electron chi connectivity index (χ0n) is 11.3. The summed E-state index contributed by atoms with van der Waals surface area (Å²) in [5.41, 5.74) is 2.70. The number of nitro groups is 1. The van der Waals surface area contributed by atoms with Gasteiger partial charge in [0.15, 0.2) is 0 Å². The number of hydrogen-bond acceptors (Lipinski definition) is 5. The summed E-state index contributed by atoms with van der Waals surface area (Å²) in [5.74, 6) is 0.549. The summed E-state index contributed by atoms with van der Waals surface area (Å²) >= 11 is 0. The lowest BCUT2D eigenvalue weighted by Crippen LogP contribution is -1.97. The van der Waals surface area contributed by atoms with E-state index in [9.17, 15) is 10.1 Å². The minimum absolute atomic E-state index is 0.0178. The van der Waals surface area contributed by atoms with Crippen LogP contribution >= 0.6 is 0 Å². The average molecular weight is 280 g/mol. The smallest absolute Gasteiger partial charge is 0.270 e. The maximum absolute atomic E-state index is 10.9. The highest BCUT2D eigenvalue weighted by atomic mass is 16.6. The summed E-state index contributed by atoms with van der Waals surface area (Å²) in [6, 6.07) is 12.4. The Morgan fingerprint density at radius 3 is 2.57 bits per heavy atom. The third kappa shape index (κ3) is 2.64. The molecule has 0 bridgehead atoms. The molecular formula is C15H12N4O2. The molecule has 0 amide bonds. The third-order valence-electron chi connectivity index (χ3n) is 3.14. The van der Waals surface area contributed by atoms with E-state index in [0.29, 0.717) is 16.7 Å². The second kappa shape index (κ2) is 5.16. The monoisotopic (exact) mass is 280 g/mol. The Hall–Kier alpha value is -3.02. The van der Waals surface area contributed by atoms with Crippen LogP contribution in [0.25, 0.3) is 10.9 Å². The molecule has 104 valence electrons. The maximum atomic E-state index is 10.9. The van der Waals surface area contributed by atoms with E-state index in [4.69, 9.17) is 0 Å². The number of nitro benzene ring substituents is 1. The first-order valence-corrected chi connectivity index (χ1v) is 6.36. The molecule has 0 aliphatic carbocycles. The molecule has 0 fully saturated rings. The Balaban J connectivity index is 2.06. The van der Waals surface area contributed by atoms with Gasteiger partial charge in [-0.15, -0.1) is 0 Å². The molecule has 2 aromatic carbocycles. The summed E-state index contributed by atoms with van der Waals surface area (Å²) < 4.78 is 0. The fourth-order valence-corrected chi connectivity index (χ4v) is 2.03. The van der Waals surface area contributed by atoms with Crippen molar-refractivity contribution in [3.05, 3.63) is 64.5 Å². The summed E-state index contributed by atoms with van der Waals surface area (Å²) in [7, 11) is 0. The van der Waals surface area contributed by atoms with E-state index in [0.717, 1.165) is 11.3 Å². The number of hydrogen-bond donors (Lipinski definition) is 1. The Bertz CT molecular complexity index is 816. The van der Waals surface area contributed by atoms with E-state index in [1.165, 1.54) is 18.5 Å². The summed E-state index contributed by atoms with van der Waals surface area (Å²) in [5, 5.41) is 14.7. The number of aromatic nitrogens is 2. The number of benzene rings is 2. The molecule has 3 rings (SSSR count). The highest BCUT2D eigenvalue weighted by Gasteiger charge is 2.10. The van der Waals surface area contributed by atoms with Crippen molar-refractivity contribution in [2.45, 2.75) is 6.92 Å². The van der Waals surface area contributed by atoms with Gasteiger partial charge >= 0.3 is 0 Å². The number of aryl methyl sites for hydroxylation is 1. The first-order valence-electron chi connectivity index (χ1n) is 6.36. The highest BCUT2D eigenvalue weighted by Crippen LogP contribution is 2.26. The second-order valence-electron chi connectivity index (χ2n) is 4.67. The van der Waals surface area contributed by atoms with Crippen molar-refractivity contribution in [3.8, 4) is 0 Å². The Morgan fingerprint density at radius 2 is 1.86 bits per heavy atom. The van der Waals surface area contributed by atoms with Gasteiger partial charge in [-0.2, -0.15) is 0 Å². The van der Waals surface area contributed by atoms with Gasteiger partial charge in [0.05, 0.1) is 10.4 Å². The lowest BCUT2D eigenvalue weighted by molar-refractivity contribution is -0.384. The quantitative estimate of drug-likeness (QED) is 0.585. The number of nitrogens with one attached hydrogen (secondary N) is 1. The van der Waals surface area contributed by atoms with Gasteiger partial charge in [0.1, 0.15) is 12.1 Å². The minimum atomic E-state index is -0.428. The zero-order valence-corrected chi connectivity index (χ0v) is 11.3. The van der Waals surface area contributed by atoms with Gasteiger partial charge in [0.2, 0.25) is 0 Å². The van der Waals surface area contributed by atoms with E-state index in [2.05, 4.69) is 15.3 Å².